The third kappa shape index (κ3) is 3.27. The number of benzene rings is 1. The third-order valence-corrected chi connectivity index (χ3v) is 4.57. The summed E-state index contributed by atoms with van der Waals surface area (Å²) >= 11 is 0. The van der Waals surface area contributed by atoms with Crippen LogP contribution in [0, 0.1) is 5.92 Å². The fourth-order valence-corrected chi connectivity index (χ4v) is 3.11. The Hall–Kier alpha value is -1.81. The molecule has 1 aliphatic rings. The van der Waals surface area contributed by atoms with Gasteiger partial charge in [0.15, 0.2) is 0 Å². The topological polar surface area (TPSA) is 54.2 Å². The first-order chi connectivity index (χ1) is 10.2. The molecule has 0 unspecified atom stereocenters. The van der Waals surface area contributed by atoms with Crippen molar-refractivity contribution in [1.82, 2.24) is 9.88 Å². The lowest BCUT2D eigenvalue weighted by atomic mass is 9.94. The van der Waals surface area contributed by atoms with Crippen molar-refractivity contribution in [3.63, 3.8) is 0 Å². The maximum absolute atomic E-state index is 6.26. The van der Waals surface area contributed by atoms with Crippen molar-refractivity contribution in [2.45, 2.75) is 19.3 Å². The van der Waals surface area contributed by atoms with Crippen LogP contribution in [0.5, 0.6) is 0 Å². The van der Waals surface area contributed by atoms with E-state index < -0.39 is 0 Å². The highest BCUT2D eigenvalue weighted by Crippen LogP contribution is 2.28. The largest absolute Gasteiger partial charge is 0.397 e. The van der Waals surface area contributed by atoms with E-state index in [4.69, 9.17) is 5.73 Å². The van der Waals surface area contributed by atoms with E-state index in [9.17, 15) is 0 Å². The van der Waals surface area contributed by atoms with Gasteiger partial charge in [0.1, 0.15) is 0 Å². The maximum Gasteiger partial charge on any atom is 0.0630 e. The van der Waals surface area contributed by atoms with E-state index in [0.717, 1.165) is 34.6 Å². The number of anilines is 2. The first kappa shape index (κ1) is 14.1. The van der Waals surface area contributed by atoms with Gasteiger partial charge in [0.25, 0.3) is 0 Å². The zero-order chi connectivity index (χ0) is 14.7. The van der Waals surface area contributed by atoms with Gasteiger partial charge in [-0.25, -0.2) is 0 Å². The van der Waals surface area contributed by atoms with Crippen LogP contribution in [0.15, 0.2) is 30.6 Å². The van der Waals surface area contributed by atoms with E-state index in [1.807, 2.05) is 12.3 Å². The molecule has 112 valence electrons. The Morgan fingerprint density at radius 3 is 2.90 bits per heavy atom. The fourth-order valence-electron chi connectivity index (χ4n) is 3.11. The minimum Gasteiger partial charge on any atom is -0.397 e. The number of aromatic nitrogens is 1. The Morgan fingerprint density at radius 1 is 1.29 bits per heavy atom. The number of nitrogens with one attached hydrogen (secondary N) is 1. The van der Waals surface area contributed by atoms with Crippen LogP contribution in [0.25, 0.3) is 10.8 Å². The molecule has 2 aromatic rings. The minimum absolute atomic E-state index is 0.832. The maximum atomic E-state index is 6.26. The molecule has 21 heavy (non-hydrogen) atoms. The highest BCUT2D eigenvalue weighted by Gasteiger charge is 2.16. The Labute approximate surface area is 126 Å². The van der Waals surface area contributed by atoms with Crippen molar-refractivity contribution >= 4 is 22.1 Å². The van der Waals surface area contributed by atoms with Crippen molar-refractivity contribution < 1.29 is 0 Å². The van der Waals surface area contributed by atoms with Gasteiger partial charge in [-0.1, -0.05) is 6.07 Å². The SMILES string of the molecule is CN1CCC(CCNc2ccc3cnccc3c2N)CC1. The lowest BCUT2D eigenvalue weighted by molar-refractivity contribution is 0.215. The second-order valence-corrected chi connectivity index (χ2v) is 6.09. The van der Waals surface area contributed by atoms with E-state index in [1.165, 1.54) is 32.4 Å². The van der Waals surface area contributed by atoms with Gasteiger partial charge in [0.2, 0.25) is 0 Å². The third-order valence-electron chi connectivity index (χ3n) is 4.57. The molecule has 3 rings (SSSR count). The van der Waals surface area contributed by atoms with Crippen LogP contribution in [-0.4, -0.2) is 36.6 Å². The summed E-state index contributed by atoms with van der Waals surface area (Å²) in [6.45, 7) is 3.46. The number of pyridine rings is 1. The zero-order valence-electron chi connectivity index (χ0n) is 12.7. The van der Waals surface area contributed by atoms with Crippen molar-refractivity contribution in [3.8, 4) is 0 Å². The summed E-state index contributed by atoms with van der Waals surface area (Å²) in [5, 5.41) is 5.68. The molecule has 0 spiro atoms. The Balaban J connectivity index is 1.59. The van der Waals surface area contributed by atoms with Gasteiger partial charge >= 0.3 is 0 Å². The number of nitrogens with two attached hydrogens (primary N) is 1. The van der Waals surface area contributed by atoms with E-state index >= 15 is 0 Å². The molecule has 1 aliphatic heterocycles. The Bertz CT molecular complexity index is 603. The van der Waals surface area contributed by atoms with Gasteiger partial charge in [0.05, 0.1) is 11.4 Å². The smallest absolute Gasteiger partial charge is 0.0630 e. The number of nitrogen functional groups attached to an aromatic ring is 1. The molecular formula is C17H24N4. The van der Waals surface area contributed by atoms with Crippen LogP contribution in [-0.2, 0) is 0 Å². The Kier molecular flexibility index (Phi) is 4.25. The quantitative estimate of drug-likeness (QED) is 0.848. The van der Waals surface area contributed by atoms with Gasteiger partial charge in [-0.3, -0.25) is 4.98 Å². The number of rotatable bonds is 4. The molecule has 0 atom stereocenters. The molecule has 0 aliphatic carbocycles. The molecule has 2 heterocycles. The van der Waals surface area contributed by atoms with Crippen LogP contribution in [0.3, 0.4) is 0 Å². The summed E-state index contributed by atoms with van der Waals surface area (Å²) in [6.07, 6.45) is 7.50. The predicted molar refractivity (Wildman–Crippen MR) is 89.5 cm³/mol. The second kappa shape index (κ2) is 6.31. The number of fused-ring (bicyclic) bond motifs is 1. The summed E-state index contributed by atoms with van der Waals surface area (Å²) < 4.78 is 0. The standard InChI is InChI=1S/C17H24N4/c1-21-10-6-13(7-11-21)4-9-20-16-3-2-14-12-19-8-5-15(14)17(16)18/h2-3,5,8,12-13,20H,4,6-7,9-11,18H2,1H3. The van der Waals surface area contributed by atoms with Crippen molar-refractivity contribution in [1.29, 1.82) is 0 Å². The molecule has 0 radical (unpaired) electrons. The average Bonchev–Trinajstić information content (AvgIpc) is 2.52. The van der Waals surface area contributed by atoms with Crippen LogP contribution >= 0.6 is 0 Å². The van der Waals surface area contributed by atoms with Gasteiger partial charge in [-0.2, -0.15) is 0 Å². The first-order valence-electron chi connectivity index (χ1n) is 7.78. The highest BCUT2D eigenvalue weighted by molar-refractivity contribution is 5.98. The Morgan fingerprint density at radius 2 is 2.10 bits per heavy atom. The number of hydrogen-bond acceptors (Lipinski definition) is 4. The molecule has 1 aromatic heterocycles. The molecule has 1 fully saturated rings. The fraction of sp³-hybridized carbons (Fsp3) is 0.471. The molecule has 0 amide bonds. The number of piperidine rings is 1. The van der Waals surface area contributed by atoms with Gasteiger partial charge in [0, 0.05) is 29.7 Å². The number of likely N-dealkylation sites (tertiary alicyclic amines) is 1. The molecule has 4 nitrogen and oxygen atoms in total. The summed E-state index contributed by atoms with van der Waals surface area (Å²) in [5.41, 5.74) is 8.13. The van der Waals surface area contributed by atoms with Crippen molar-refractivity contribution in [2.24, 2.45) is 5.92 Å². The van der Waals surface area contributed by atoms with Gasteiger partial charge in [-0.05, 0) is 57.5 Å². The van der Waals surface area contributed by atoms with Crippen LogP contribution in [0.2, 0.25) is 0 Å². The first-order valence-corrected chi connectivity index (χ1v) is 7.78. The molecular weight excluding hydrogens is 260 g/mol. The van der Waals surface area contributed by atoms with E-state index in [0.29, 0.717) is 0 Å². The molecule has 1 saturated heterocycles. The van der Waals surface area contributed by atoms with E-state index in [-0.39, 0.29) is 0 Å². The van der Waals surface area contributed by atoms with Crippen LogP contribution < -0.4 is 11.1 Å². The summed E-state index contributed by atoms with van der Waals surface area (Å²) in [7, 11) is 2.21. The van der Waals surface area contributed by atoms with Crippen molar-refractivity contribution in [3.05, 3.63) is 30.6 Å². The van der Waals surface area contributed by atoms with Crippen LogP contribution in [0.4, 0.5) is 11.4 Å². The summed E-state index contributed by atoms with van der Waals surface area (Å²) in [6, 6.07) is 6.12. The molecule has 0 bridgehead atoms. The second-order valence-electron chi connectivity index (χ2n) is 6.09. The number of hydrogen-bond donors (Lipinski definition) is 2. The highest BCUT2D eigenvalue weighted by atomic mass is 15.1. The van der Waals surface area contributed by atoms with Crippen LogP contribution in [0.1, 0.15) is 19.3 Å². The lowest BCUT2D eigenvalue weighted by Crippen LogP contribution is -2.30. The minimum atomic E-state index is 0.832. The summed E-state index contributed by atoms with van der Waals surface area (Å²) in [5.74, 6) is 0.847. The number of nitrogens with zero attached hydrogens (tertiary/aromatic N) is 2. The zero-order valence-corrected chi connectivity index (χ0v) is 12.7. The molecule has 1 aromatic carbocycles. The molecule has 3 N–H and O–H groups in total. The monoisotopic (exact) mass is 284 g/mol. The predicted octanol–water partition coefficient (Wildman–Crippen LogP) is 2.96. The molecule has 4 heteroatoms. The van der Waals surface area contributed by atoms with Gasteiger partial charge in [-0.15, -0.1) is 0 Å². The molecule has 0 saturated carbocycles. The van der Waals surface area contributed by atoms with Crippen molar-refractivity contribution in [2.75, 3.05) is 37.7 Å². The lowest BCUT2D eigenvalue weighted by Gasteiger charge is -2.29. The average molecular weight is 284 g/mol. The van der Waals surface area contributed by atoms with E-state index in [2.05, 4.69) is 34.4 Å². The van der Waals surface area contributed by atoms with Gasteiger partial charge < -0.3 is 16.0 Å². The normalized spacial score (nSPS) is 17.2. The van der Waals surface area contributed by atoms with E-state index in [1.54, 1.807) is 6.20 Å². The summed E-state index contributed by atoms with van der Waals surface area (Å²) in [4.78, 5) is 6.55.